The largest absolute Gasteiger partial charge is 0.497 e. The summed E-state index contributed by atoms with van der Waals surface area (Å²) in [4.78, 5) is 26.4. The van der Waals surface area contributed by atoms with Crippen molar-refractivity contribution in [2.24, 2.45) is 0 Å². The number of aromatic nitrogens is 1. The van der Waals surface area contributed by atoms with Gasteiger partial charge in [-0.1, -0.05) is 47.5 Å². The number of aryl methyl sites for hydroxylation is 4. The average Bonchev–Trinajstić information content (AvgIpc) is 2.83. The standard InChI is InChI=1S/C28H27ClN2O3/c1-18-4-7-20(8-5-18)9-10-22-14-21-11-13-24(34-3)16-26(21)31(28(22)33)17-27(32)30-23-12-6-19(2)25(29)15-23/h4-8,11-16H,9-10,17H2,1-3H3,(H,30,32). The van der Waals surface area contributed by atoms with E-state index in [1.807, 2.05) is 31.2 Å². The molecular formula is C28H27ClN2O3. The van der Waals surface area contributed by atoms with E-state index in [0.29, 0.717) is 34.0 Å². The number of carbonyl (C=O) groups excluding carboxylic acids is 1. The van der Waals surface area contributed by atoms with Crippen molar-refractivity contribution in [3.8, 4) is 5.75 Å². The Kier molecular flexibility index (Phi) is 7.03. The van der Waals surface area contributed by atoms with Crippen LogP contribution in [0.1, 0.15) is 22.3 Å². The van der Waals surface area contributed by atoms with Gasteiger partial charge in [-0.15, -0.1) is 0 Å². The van der Waals surface area contributed by atoms with Crippen molar-refractivity contribution in [2.45, 2.75) is 33.2 Å². The third-order valence-corrected chi connectivity index (χ3v) is 6.35. The Morgan fingerprint density at radius 3 is 2.44 bits per heavy atom. The number of nitrogens with zero attached hydrogens (tertiary/aromatic N) is 1. The molecule has 0 saturated carbocycles. The lowest BCUT2D eigenvalue weighted by Gasteiger charge is -2.14. The summed E-state index contributed by atoms with van der Waals surface area (Å²) in [6.45, 7) is 3.83. The molecule has 174 valence electrons. The van der Waals surface area contributed by atoms with Crippen LogP contribution in [0.4, 0.5) is 5.69 Å². The van der Waals surface area contributed by atoms with E-state index in [4.69, 9.17) is 16.3 Å². The zero-order chi connectivity index (χ0) is 24.2. The topological polar surface area (TPSA) is 60.3 Å². The van der Waals surface area contributed by atoms with Crippen LogP contribution in [-0.2, 0) is 24.2 Å². The first kappa shape index (κ1) is 23.6. The van der Waals surface area contributed by atoms with Gasteiger partial charge in [0, 0.05) is 22.3 Å². The number of hydrogen-bond acceptors (Lipinski definition) is 3. The van der Waals surface area contributed by atoms with Crippen LogP contribution in [0.5, 0.6) is 5.75 Å². The van der Waals surface area contributed by atoms with E-state index in [2.05, 4.69) is 36.5 Å². The van der Waals surface area contributed by atoms with Crippen molar-refractivity contribution in [1.29, 1.82) is 0 Å². The Morgan fingerprint density at radius 2 is 1.74 bits per heavy atom. The van der Waals surface area contributed by atoms with E-state index in [-0.39, 0.29) is 18.0 Å². The lowest BCUT2D eigenvalue weighted by molar-refractivity contribution is -0.116. The molecule has 5 nitrogen and oxygen atoms in total. The maximum atomic E-state index is 13.5. The quantitative estimate of drug-likeness (QED) is 0.373. The summed E-state index contributed by atoms with van der Waals surface area (Å²) in [5.74, 6) is 0.320. The number of nitrogens with one attached hydrogen (secondary N) is 1. The molecule has 0 aliphatic carbocycles. The number of anilines is 1. The second kappa shape index (κ2) is 10.1. The molecule has 1 N–H and O–H groups in total. The first-order valence-electron chi connectivity index (χ1n) is 11.2. The van der Waals surface area contributed by atoms with Gasteiger partial charge in [0.25, 0.3) is 5.56 Å². The maximum absolute atomic E-state index is 13.5. The van der Waals surface area contributed by atoms with Crippen molar-refractivity contribution in [3.63, 3.8) is 0 Å². The smallest absolute Gasteiger partial charge is 0.254 e. The zero-order valence-electron chi connectivity index (χ0n) is 19.5. The molecule has 0 aliphatic heterocycles. The number of rotatable bonds is 7. The molecule has 1 aromatic heterocycles. The van der Waals surface area contributed by atoms with Gasteiger partial charge < -0.3 is 10.1 Å². The molecule has 0 spiro atoms. The summed E-state index contributed by atoms with van der Waals surface area (Å²) in [6, 6.07) is 21.1. The fraction of sp³-hybridized carbons (Fsp3) is 0.214. The van der Waals surface area contributed by atoms with Crippen LogP contribution < -0.4 is 15.6 Å². The van der Waals surface area contributed by atoms with Crippen molar-refractivity contribution < 1.29 is 9.53 Å². The molecule has 0 atom stereocenters. The SMILES string of the molecule is COc1ccc2cc(CCc3ccc(C)cc3)c(=O)n(CC(=O)Nc3ccc(C)c(Cl)c3)c2c1. The highest BCUT2D eigenvalue weighted by molar-refractivity contribution is 6.31. The molecule has 1 amide bonds. The fourth-order valence-electron chi connectivity index (χ4n) is 3.92. The van der Waals surface area contributed by atoms with Crippen LogP contribution >= 0.6 is 11.6 Å². The zero-order valence-corrected chi connectivity index (χ0v) is 20.3. The molecule has 6 heteroatoms. The Morgan fingerprint density at radius 1 is 0.971 bits per heavy atom. The van der Waals surface area contributed by atoms with E-state index in [1.54, 1.807) is 25.3 Å². The number of benzene rings is 3. The molecule has 0 aliphatic rings. The molecule has 1 heterocycles. The number of halogens is 1. The summed E-state index contributed by atoms with van der Waals surface area (Å²) < 4.78 is 6.88. The van der Waals surface area contributed by atoms with Crippen molar-refractivity contribution in [1.82, 2.24) is 4.57 Å². The fourth-order valence-corrected chi connectivity index (χ4v) is 4.10. The number of amides is 1. The van der Waals surface area contributed by atoms with Gasteiger partial charge in [0.2, 0.25) is 5.91 Å². The van der Waals surface area contributed by atoms with Gasteiger partial charge in [-0.05, 0) is 73.5 Å². The van der Waals surface area contributed by atoms with E-state index in [9.17, 15) is 9.59 Å². The summed E-state index contributed by atoms with van der Waals surface area (Å²) in [7, 11) is 1.58. The van der Waals surface area contributed by atoms with Crippen molar-refractivity contribution >= 4 is 34.1 Å². The van der Waals surface area contributed by atoms with Gasteiger partial charge in [0.1, 0.15) is 12.3 Å². The summed E-state index contributed by atoms with van der Waals surface area (Å²) >= 11 is 6.19. The predicted octanol–water partition coefficient (Wildman–Crippen LogP) is 5.70. The third kappa shape index (κ3) is 5.32. The number of carbonyl (C=O) groups is 1. The van der Waals surface area contributed by atoms with Crippen LogP contribution in [0.15, 0.2) is 71.5 Å². The van der Waals surface area contributed by atoms with Crippen molar-refractivity contribution in [3.05, 3.63) is 104 Å². The number of methoxy groups -OCH3 is 1. The highest BCUT2D eigenvalue weighted by Crippen LogP contribution is 2.22. The number of hydrogen-bond donors (Lipinski definition) is 1. The van der Waals surface area contributed by atoms with Gasteiger partial charge in [-0.3, -0.25) is 14.2 Å². The van der Waals surface area contributed by atoms with Gasteiger partial charge in [0.05, 0.1) is 12.6 Å². The monoisotopic (exact) mass is 474 g/mol. The minimum atomic E-state index is -0.304. The highest BCUT2D eigenvalue weighted by Gasteiger charge is 2.14. The molecule has 0 radical (unpaired) electrons. The predicted molar refractivity (Wildman–Crippen MR) is 138 cm³/mol. The van der Waals surface area contributed by atoms with E-state index in [1.165, 1.54) is 15.7 Å². The van der Waals surface area contributed by atoms with Crippen LogP contribution in [0.2, 0.25) is 5.02 Å². The van der Waals surface area contributed by atoms with E-state index < -0.39 is 0 Å². The van der Waals surface area contributed by atoms with Gasteiger partial charge in [-0.25, -0.2) is 0 Å². The first-order chi connectivity index (χ1) is 16.3. The van der Waals surface area contributed by atoms with Crippen LogP contribution in [0.3, 0.4) is 0 Å². The third-order valence-electron chi connectivity index (χ3n) is 5.94. The number of fused-ring (bicyclic) bond motifs is 1. The second-order valence-corrected chi connectivity index (χ2v) is 8.89. The molecular weight excluding hydrogens is 448 g/mol. The molecule has 3 aromatic carbocycles. The van der Waals surface area contributed by atoms with E-state index >= 15 is 0 Å². The van der Waals surface area contributed by atoms with Gasteiger partial charge in [0.15, 0.2) is 0 Å². The highest BCUT2D eigenvalue weighted by atomic mass is 35.5. The first-order valence-corrected chi connectivity index (χ1v) is 11.5. The Hall–Kier alpha value is -3.57. The van der Waals surface area contributed by atoms with Crippen LogP contribution in [-0.4, -0.2) is 17.6 Å². The number of ether oxygens (including phenoxy) is 1. The molecule has 4 rings (SSSR count). The lowest BCUT2D eigenvalue weighted by Crippen LogP contribution is -2.30. The second-order valence-electron chi connectivity index (χ2n) is 8.48. The Bertz CT molecular complexity index is 1410. The molecule has 0 fully saturated rings. The lowest BCUT2D eigenvalue weighted by atomic mass is 10.0. The van der Waals surface area contributed by atoms with Gasteiger partial charge >= 0.3 is 0 Å². The molecule has 34 heavy (non-hydrogen) atoms. The van der Waals surface area contributed by atoms with Crippen molar-refractivity contribution in [2.75, 3.05) is 12.4 Å². The molecule has 0 unspecified atom stereocenters. The normalized spacial score (nSPS) is 10.9. The molecule has 4 aromatic rings. The number of pyridine rings is 1. The Balaban J connectivity index is 1.66. The van der Waals surface area contributed by atoms with Gasteiger partial charge in [-0.2, -0.15) is 0 Å². The van der Waals surface area contributed by atoms with E-state index in [0.717, 1.165) is 17.4 Å². The maximum Gasteiger partial charge on any atom is 0.254 e. The average molecular weight is 475 g/mol. The minimum Gasteiger partial charge on any atom is -0.497 e. The summed E-state index contributed by atoms with van der Waals surface area (Å²) in [5.41, 5.74) is 5.03. The molecule has 0 bridgehead atoms. The Labute approximate surface area is 204 Å². The minimum absolute atomic E-state index is 0.119. The summed E-state index contributed by atoms with van der Waals surface area (Å²) in [6.07, 6.45) is 1.32. The summed E-state index contributed by atoms with van der Waals surface area (Å²) in [5, 5.41) is 4.30. The van der Waals surface area contributed by atoms with Crippen LogP contribution in [0, 0.1) is 13.8 Å². The van der Waals surface area contributed by atoms with Crippen LogP contribution in [0.25, 0.3) is 10.9 Å². The molecule has 0 saturated heterocycles.